The van der Waals surface area contributed by atoms with E-state index in [2.05, 4.69) is 0 Å². The number of carboxylic acid groups (broad SMARTS) is 1. The number of rotatable bonds is 5. The average Bonchev–Trinajstić information content (AvgIpc) is 2.34. The maximum absolute atomic E-state index is 12.8. The van der Waals surface area contributed by atoms with Crippen molar-refractivity contribution in [2.45, 2.75) is 6.18 Å². The first kappa shape index (κ1) is 16.0. The Kier molecular flexibility index (Phi) is 5.09. The van der Waals surface area contributed by atoms with E-state index in [0.29, 0.717) is 0 Å². The molecule has 3 N–H and O–H groups in total. The number of carboxylic acids is 1. The molecule has 0 saturated carbocycles. The highest BCUT2D eigenvalue weighted by Gasteiger charge is 2.28. The first-order valence-corrected chi connectivity index (χ1v) is 5.42. The third kappa shape index (κ3) is 4.54. The number of hydrogen-bond acceptors (Lipinski definition) is 2. The number of hydrogen-bond donors (Lipinski definition) is 2. The van der Waals surface area contributed by atoms with Gasteiger partial charge in [0.05, 0.1) is 5.70 Å². The van der Waals surface area contributed by atoms with E-state index in [-0.39, 0.29) is 11.3 Å². The molecule has 1 aromatic rings. The van der Waals surface area contributed by atoms with Gasteiger partial charge in [0.25, 0.3) is 0 Å². The summed E-state index contributed by atoms with van der Waals surface area (Å²) in [6.07, 6.45) is -4.54. The van der Waals surface area contributed by atoms with E-state index in [0.717, 1.165) is 24.3 Å². The quantitative estimate of drug-likeness (QED) is 0.647. The van der Waals surface area contributed by atoms with Crippen LogP contribution in [0, 0.1) is 5.82 Å². The van der Waals surface area contributed by atoms with Crippen LogP contribution in [0.2, 0.25) is 0 Å². The van der Waals surface area contributed by atoms with Crippen LogP contribution in [0.5, 0.6) is 0 Å². The molecule has 1 rings (SSSR count). The third-order valence-corrected chi connectivity index (χ3v) is 2.34. The molecule has 0 bridgehead atoms. The van der Waals surface area contributed by atoms with Gasteiger partial charge in [-0.2, -0.15) is 13.2 Å². The predicted octanol–water partition coefficient (Wildman–Crippen LogP) is 2.83. The first-order chi connectivity index (χ1) is 9.24. The Balaban J connectivity index is 3.20. The van der Waals surface area contributed by atoms with Gasteiger partial charge in [0, 0.05) is 5.57 Å². The molecule has 0 unspecified atom stereocenters. The van der Waals surface area contributed by atoms with Crippen molar-refractivity contribution in [1.82, 2.24) is 5.32 Å². The molecule has 0 spiro atoms. The molecule has 0 amide bonds. The van der Waals surface area contributed by atoms with E-state index >= 15 is 0 Å². The highest BCUT2D eigenvalue weighted by Crippen LogP contribution is 2.20. The second-order valence-corrected chi connectivity index (χ2v) is 3.81. The fourth-order valence-corrected chi connectivity index (χ4v) is 1.46. The van der Waals surface area contributed by atoms with Gasteiger partial charge in [-0.3, -0.25) is 0 Å². The second-order valence-electron chi connectivity index (χ2n) is 3.81. The minimum atomic E-state index is -4.54. The monoisotopic (exact) mass is 291 g/mol. The lowest BCUT2D eigenvalue weighted by Gasteiger charge is -2.17. The van der Waals surface area contributed by atoms with Crippen LogP contribution in [0.1, 0.15) is 5.56 Å². The van der Waals surface area contributed by atoms with Crippen LogP contribution in [0.3, 0.4) is 0 Å². The van der Waals surface area contributed by atoms with Crippen molar-refractivity contribution in [3.63, 3.8) is 0 Å². The fourth-order valence-electron chi connectivity index (χ4n) is 1.46. The van der Waals surface area contributed by atoms with Gasteiger partial charge in [0.15, 0.2) is 0 Å². The Hall–Kier alpha value is -2.09. The molecule has 1 aromatic carbocycles. The lowest BCUT2D eigenvalue weighted by atomic mass is 10.1. The Morgan fingerprint density at radius 2 is 1.80 bits per heavy atom. The molecular formula is C12H11F4N2O2-. The number of benzene rings is 1. The van der Waals surface area contributed by atoms with Crippen molar-refractivity contribution in [2.24, 2.45) is 0 Å². The number of halogens is 4. The number of alkyl halides is 3. The predicted molar refractivity (Wildman–Crippen MR) is 64.2 cm³/mol. The van der Waals surface area contributed by atoms with Crippen LogP contribution >= 0.6 is 0 Å². The summed E-state index contributed by atoms with van der Waals surface area (Å²) in [6, 6.07) is 4.28. The van der Waals surface area contributed by atoms with E-state index in [1.54, 1.807) is 0 Å². The zero-order valence-electron chi connectivity index (χ0n) is 10.1. The molecule has 0 aliphatic heterocycles. The lowest BCUT2D eigenvalue weighted by Crippen LogP contribution is -2.29. The molecule has 0 fully saturated rings. The average molecular weight is 291 g/mol. The smallest absolute Gasteiger partial charge is 0.405 e. The van der Waals surface area contributed by atoms with Gasteiger partial charge in [0.2, 0.25) is 0 Å². The summed E-state index contributed by atoms with van der Waals surface area (Å²) >= 11 is 0. The third-order valence-electron chi connectivity index (χ3n) is 2.34. The van der Waals surface area contributed by atoms with Crippen molar-refractivity contribution < 1.29 is 27.5 Å². The first-order valence-electron chi connectivity index (χ1n) is 5.42. The zero-order valence-corrected chi connectivity index (χ0v) is 10.1. The highest BCUT2D eigenvalue weighted by molar-refractivity contribution is 5.96. The van der Waals surface area contributed by atoms with Crippen molar-refractivity contribution >= 4 is 11.7 Å². The van der Waals surface area contributed by atoms with Crippen LogP contribution < -0.4 is 5.32 Å². The molecule has 8 heteroatoms. The van der Waals surface area contributed by atoms with Crippen LogP contribution in [-0.4, -0.2) is 30.3 Å². The molecule has 0 aliphatic carbocycles. The summed E-state index contributed by atoms with van der Waals surface area (Å²) in [5.41, 5.74) is 6.31. The van der Waals surface area contributed by atoms with Crippen LogP contribution in [0.15, 0.2) is 29.8 Å². The molecule has 4 nitrogen and oxygen atoms in total. The Bertz CT molecular complexity index is 509. The summed E-state index contributed by atoms with van der Waals surface area (Å²) in [5, 5.41) is 10.9. The van der Waals surface area contributed by atoms with E-state index in [1.807, 2.05) is 5.32 Å². The molecule has 0 aromatic heterocycles. The van der Waals surface area contributed by atoms with Gasteiger partial charge in [-0.1, -0.05) is 0 Å². The Morgan fingerprint density at radius 1 is 1.25 bits per heavy atom. The van der Waals surface area contributed by atoms with Crippen molar-refractivity contribution in [3.05, 3.63) is 47.0 Å². The molecule has 0 radical (unpaired) electrons. The molecule has 0 aliphatic rings. The number of carbonyl (C=O) groups is 1. The molecular weight excluding hydrogens is 280 g/mol. The van der Waals surface area contributed by atoms with Crippen LogP contribution in [0.25, 0.3) is 11.4 Å². The molecule has 110 valence electrons. The molecule has 20 heavy (non-hydrogen) atoms. The van der Waals surface area contributed by atoms with Crippen LogP contribution in [-0.2, 0) is 4.79 Å². The summed E-state index contributed by atoms with van der Waals surface area (Å²) in [4.78, 5) is 11.0. The van der Waals surface area contributed by atoms with Crippen LogP contribution in [0.4, 0.5) is 17.6 Å². The summed E-state index contributed by atoms with van der Waals surface area (Å²) in [7, 11) is 0. The van der Waals surface area contributed by atoms with Gasteiger partial charge in [-0.15, -0.1) is 6.54 Å². The van der Waals surface area contributed by atoms with E-state index in [4.69, 9.17) is 10.8 Å². The molecule has 0 saturated heterocycles. The van der Waals surface area contributed by atoms with E-state index < -0.39 is 36.6 Å². The van der Waals surface area contributed by atoms with Crippen molar-refractivity contribution in [2.75, 3.05) is 13.1 Å². The highest BCUT2D eigenvalue weighted by atomic mass is 19.4. The SMILES string of the molecule is [NH-]C/C(C(=O)O)=C(\NCC(F)(F)F)c1ccc(F)cc1. The topological polar surface area (TPSA) is 73.1 Å². The van der Waals surface area contributed by atoms with Gasteiger partial charge in [-0.25, -0.2) is 9.18 Å². The Labute approximate surface area is 111 Å². The summed E-state index contributed by atoms with van der Waals surface area (Å²) in [6.45, 7) is -2.16. The summed E-state index contributed by atoms with van der Waals surface area (Å²) < 4.78 is 49.5. The number of nitrogens with one attached hydrogen (secondary N) is 2. The maximum atomic E-state index is 12.8. The van der Waals surface area contributed by atoms with Crippen molar-refractivity contribution in [3.8, 4) is 0 Å². The Morgan fingerprint density at radius 3 is 2.20 bits per heavy atom. The molecule has 0 atom stereocenters. The lowest BCUT2D eigenvalue weighted by molar-refractivity contribution is -0.132. The van der Waals surface area contributed by atoms with Gasteiger partial charge < -0.3 is 16.2 Å². The standard InChI is InChI=1S/C12H11F4N2O2/c13-8-3-1-7(2-4-8)10(9(5-17)11(19)20)18-6-12(14,15)16/h1-4,17-18H,5-6H2,(H,19,20)/q-1/b10-9+. The second kappa shape index (κ2) is 6.38. The minimum absolute atomic E-state index is 0.0697. The fraction of sp³-hybridized carbons (Fsp3) is 0.250. The molecule has 0 heterocycles. The number of aliphatic carboxylic acids is 1. The van der Waals surface area contributed by atoms with Gasteiger partial charge in [0.1, 0.15) is 12.4 Å². The minimum Gasteiger partial charge on any atom is -0.673 e. The zero-order chi connectivity index (χ0) is 15.3. The largest absolute Gasteiger partial charge is 0.673 e. The van der Waals surface area contributed by atoms with Gasteiger partial charge in [-0.05, 0) is 29.8 Å². The normalized spacial score (nSPS) is 12.8. The van der Waals surface area contributed by atoms with Crippen molar-refractivity contribution in [1.29, 1.82) is 0 Å². The maximum Gasteiger partial charge on any atom is 0.405 e. The van der Waals surface area contributed by atoms with E-state index in [9.17, 15) is 22.4 Å². The van der Waals surface area contributed by atoms with E-state index in [1.165, 1.54) is 0 Å². The summed E-state index contributed by atoms with van der Waals surface area (Å²) in [5.74, 6) is -2.11. The van der Waals surface area contributed by atoms with Gasteiger partial charge >= 0.3 is 12.1 Å².